The minimum atomic E-state index is 0.482. The van der Waals surface area contributed by atoms with Crippen LogP contribution in [0.3, 0.4) is 0 Å². The molecule has 3 atom stereocenters. The van der Waals surface area contributed by atoms with Crippen molar-refractivity contribution in [3.05, 3.63) is 35.9 Å². The number of benzene rings is 1. The zero-order valence-corrected chi connectivity index (χ0v) is 9.65. The molecule has 1 aliphatic carbocycles. The van der Waals surface area contributed by atoms with Crippen LogP contribution in [-0.2, 0) is 6.42 Å². The maximum Gasteiger partial charge on any atom is 0.0618 e. The highest BCUT2D eigenvalue weighted by Gasteiger charge is 2.33. The molecule has 1 aromatic rings. The fourth-order valence-corrected chi connectivity index (χ4v) is 3.06. The Hall–Kier alpha value is -0.860. The van der Waals surface area contributed by atoms with E-state index in [0.717, 1.165) is 18.5 Å². The molecule has 1 heterocycles. The topological polar surface area (TPSA) is 24.1 Å². The van der Waals surface area contributed by atoms with Crippen molar-refractivity contribution < 1.29 is 0 Å². The highest BCUT2D eigenvalue weighted by Crippen LogP contribution is 2.23. The van der Waals surface area contributed by atoms with Crippen molar-refractivity contribution in [3.8, 4) is 0 Å². The molecule has 2 aliphatic rings. The standard InChI is InChI=1S/C14H20N2/c1-2-6-11(7-3-1)10-14-15-12-8-4-5-9-13(12)16-14/h1-3,6-7,12-16H,4-5,8-10H2/t12-,13+,14?. The third-order valence-electron chi connectivity index (χ3n) is 3.88. The van der Waals surface area contributed by atoms with Gasteiger partial charge < -0.3 is 0 Å². The predicted molar refractivity (Wildman–Crippen MR) is 66.2 cm³/mol. The summed E-state index contributed by atoms with van der Waals surface area (Å²) in [4.78, 5) is 0. The van der Waals surface area contributed by atoms with Crippen molar-refractivity contribution >= 4 is 0 Å². The predicted octanol–water partition coefficient (Wildman–Crippen LogP) is 2.06. The van der Waals surface area contributed by atoms with Crippen molar-refractivity contribution in [2.24, 2.45) is 0 Å². The van der Waals surface area contributed by atoms with E-state index in [1.54, 1.807) is 0 Å². The number of hydrogen-bond donors (Lipinski definition) is 2. The molecule has 1 unspecified atom stereocenters. The average molecular weight is 216 g/mol. The third kappa shape index (κ3) is 2.13. The summed E-state index contributed by atoms with van der Waals surface area (Å²) < 4.78 is 0. The zero-order valence-electron chi connectivity index (χ0n) is 9.65. The third-order valence-corrected chi connectivity index (χ3v) is 3.88. The molecule has 0 aromatic heterocycles. The number of fused-ring (bicyclic) bond motifs is 1. The molecule has 16 heavy (non-hydrogen) atoms. The van der Waals surface area contributed by atoms with E-state index in [1.807, 2.05) is 0 Å². The number of hydrogen-bond acceptors (Lipinski definition) is 2. The van der Waals surface area contributed by atoms with E-state index in [1.165, 1.54) is 31.2 Å². The SMILES string of the molecule is c1ccc(CC2N[C@H]3CCCC[C@H]3N2)cc1. The molecule has 0 amide bonds. The van der Waals surface area contributed by atoms with Gasteiger partial charge in [-0.25, -0.2) is 0 Å². The quantitative estimate of drug-likeness (QED) is 0.790. The molecule has 1 saturated carbocycles. The summed E-state index contributed by atoms with van der Waals surface area (Å²) in [5, 5.41) is 7.46. The smallest absolute Gasteiger partial charge is 0.0618 e. The fraction of sp³-hybridized carbons (Fsp3) is 0.571. The summed E-state index contributed by atoms with van der Waals surface area (Å²) in [6, 6.07) is 12.2. The molecular weight excluding hydrogens is 196 g/mol. The highest BCUT2D eigenvalue weighted by molar-refractivity contribution is 5.16. The zero-order chi connectivity index (χ0) is 10.8. The Labute approximate surface area is 97.4 Å². The Morgan fingerprint density at radius 3 is 2.19 bits per heavy atom. The molecule has 0 spiro atoms. The molecule has 3 rings (SSSR count). The van der Waals surface area contributed by atoms with E-state index in [4.69, 9.17) is 0 Å². The van der Waals surface area contributed by atoms with Gasteiger partial charge in [-0.3, -0.25) is 10.6 Å². The maximum absolute atomic E-state index is 3.73. The lowest BCUT2D eigenvalue weighted by molar-refractivity contribution is 0.374. The van der Waals surface area contributed by atoms with Crippen LogP contribution < -0.4 is 10.6 Å². The number of nitrogens with one attached hydrogen (secondary N) is 2. The summed E-state index contributed by atoms with van der Waals surface area (Å²) in [6.45, 7) is 0. The van der Waals surface area contributed by atoms with Crippen molar-refractivity contribution in [1.82, 2.24) is 10.6 Å². The van der Waals surface area contributed by atoms with Crippen molar-refractivity contribution in [1.29, 1.82) is 0 Å². The van der Waals surface area contributed by atoms with Gasteiger partial charge in [-0.05, 0) is 18.4 Å². The van der Waals surface area contributed by atoms with E-state index in [-0.39, 0.29) is 0 Å². The summed E-state index contributed by atoms with van der Waals surface area (Å²) in [7, 11) is 0. The summed E-state index contributed by atoms with van der Waals surface area (Å²) in [5.74, 6) is 0. The van der Waals surface area contributed by atoms with Gasteiger partial charge in [-0.1, -0.05) is 43.2 Å². The van der Waals surface area contributed by atoms with Gasteiger partial charge in [0.25, 0.3) is 0 Å². The van der Waals surface area contributed by atoms with Gasteiger partial charge in [-0.15, -0.1) is 0 Å². The van der Waals surface area contributed by atoms with E-state index < -0.39 is 0 Å². The van der Waals surface area contributed by atoms with Crippen molar-refractivity contribution in [2.75, 3.05) is 0 Å². The summed E-state index contributed by atoms with van der Waals surface area (Å²) in [6.07, 6.45) is 7.08. The van der Waals surface area contributed by atoms with Gasteiger partial charge in [0.05, 0.1) is 6.17 Å². The van der Waals surface area contributed by atoms with Gasteiger partial charge in [-0.2, -0.15) is 0 Å². The van der Waals surface area contributed by atoms with Gasteiger partial charge in [0.15, 0.2) is 0 Å². The summed E-state index contributed by atoms with van der Waals surface area (Å²) >= 11 is 0. The molecule has 2 heteroatoms. The highest BCUT2D eigenvalue weighted by atomic mass is 15.2. The van der Waals surface area contributed by atoms with Crippen LogP contribution in [0.2, 0.25) is 0 Å². The second-order valence-corrected chi connectivity index (χ2v) is 5.07. The Bertz CT molecular complexity index is 322. The van der Waals surface area contributed by atoms with Gasteiger partial charge in [0.1, 0.15) is 0 Å². The van der Waals surface area contributed by atoms with Crippen LogP contribution >= 0.6 is 0 Å². The first-order chi connectivity index (χ1) is 7.92. The second kappa shape index (κ2) is 4.56. The number of rotatable bonds is 2. The lowest BCUT2D eigenvalue weighted by Gasteiger charge is -2.23. The average Bonchev–Trinajstić information content (AvgIpc) is 2.72. The van der Waals surface area contributed by atoms with Crippen LogP contribution in [0.5, 0.6) is 0 Å². The first-order valence-electron chi connectivity index (χ1n) is 6.48. The van der Waals surface area contributed by atoms with Crippen LogP contribution in [0.1, 0.15) is 31.2 Å². The molecule has 1 aliphatic heterocycles. The van der Waals surface area contributed by atoms with E-state index >= 15 is 0 Å². The molecule has 1 saturated heterocycles. The Balaban J connectivity index is 1.61. The van der Waals surface area contributed by atoms with Crippen LogP contribution in [-0.4, -0.2) is 18.2 Å². The lowest BCUT2D eigenvalue weighted by Crippen LogP contribution is -2.36. The van der Waals surface area contributed by atoms with Crippen LogP contribution in [0.15, 0.2) is 30.3 Å². The van der Waals surface area contributed by atoms with Gasteiger partial charge in [0.2, 0.25) is 0 Å². The fourth-order valence-electron chi connectivity index (χ4n) is 3.06. The van der Waals surface area contributed by atoms with E-state index in [9.17, 15) is 0 Å². The first kappa shape index (κ1) is 10.3. The molecule has 2 N–H and O–H groups in total. The van der Waals surface area contributed by atoms with Gasteiger partial charge in [0, 0.05) is 18.5 Å². The minimum absolute atomic E-state index is 0.482. The second-order valence-electron chi connectivity index (χ2n) is 5.07. The van der Waals surface area contributed by atoms with Crippen LogP contribution in [0, 0.1) is 0 Å². The Morgan fingerprint density at radius 2 is 1.56 bits per heavy atom. The molecule has 2 fully saturated rings. The normalized spacial score (nSPS) is 33.6. The Morgan fingerprint density at radius 1 is 0.938 bits per heavy atom. The summed E-state index contributed by atoms with van der Waals surface area (Å²) in [5.41, 5.74) is 1.42. The van der Waals surface area contributed by atoms with Gasteiger partial charge >= 0.3 is 0 Å². The minimum Gasteiger partial charge on any atom is -0.297 e. The molecule has 86 valence electrons. The largest absolute Gasteiger partial charge is 0.297 e. The molecular formula is C14H20N2. The van der Waals surface area contributed by atoms with E-state index in [2.05, 4.69) is 41.0 Å². The molecule has 0 radical (unpaired) electrons. The molecule has 1 aromatic carbocycles. The molecule has 0 bridgehead atoms. The van der Waals surface area contributed by atoms with E-state index in [0.29, 0.717) is 6.17 Å². The molecule has 2 nitrogen and oxygen atoms in total. The van der Waals surface area contributed by atoms with Crippen LogP contribution in [0.25, 0.3) is 0 Å². The first-order valence-corrected chi connectivity index (χ1v) is 6.48. The van der Waals surface area contributed by atoms with Crippen LogP contribution in [0.4, 0.5) is 0 Å². The maximum atomic E-state index is 3.73. The van der Waals surface area contributed by atoms with Crippen molar-refractivity contribution in [2.45, 2.75) is 50.4 Å². The lowest BCUT2D eigenvalue weighted by atomic mass is 9.92. The van der Waals surface area contributed by atoms with Crippen molar-refractivity contribution in [3.63, 3.8) is 0 Å². The monoisotopic (exact) mass is 216 g/mol. The Kier molecular flexibility index (Phi) is 2.94.